The lowest BCUT2D eigenvalue weighted by Crippen LogP contribution is -1.95. The molecule has 0 unspecified atom stereocenters. The lowest BCUT2D eigenvalue weighted by atomic mass is 10.4. The summed E-state index contributed by atoms with van der Waals surface area (Å²) in [5, 5.41) is 0.523. The summed E-state index contributed by atoms with van der Waals surface area (Å²) < 4.78 is 0. The van der Waals surface area contributed by atoms with Crippen molar-refractivity contribution < 1.29 is 4.79 Å². The maximum absolute atomic E-state index is 11.0. The lowest BCUT2D eigenvalue weighted by Gasteiger charge is -2.06. The van der Waals surface area contributed by atoms with Crippen molar-refractivity contribution in [2.75, 3.05) is 0 Å². The molecule has 0 amide bonds. The van der Waals surface area contributed by atoms with Crippen molar-refractivity contribution in [3.63, 3.8) is 0 Å². The molecular formula is C11H12OS. The summed E-state index contributed by atoms with van der Waals surface area (Å²) in [6.07, 6.45) is 2.60. The van der Waals surface area contributed by atoms with Gasteiger partial charge in [-0.15, -0.1) is 11.8 Å². The molecule has 1 saturated carbocycles. The van der Waals surface area contributed by atoms with Crippen LogP contribution in [0.1, 0.15) is 19.3 Å². The predicted octanol–water partition coefficient (Wildman–Crippen LogP) is 2.90. The van der Waals surface area contributed by atoms with Crippen LogP contribution in [-0.4, -0.2) is 11.0 Å². The Balaban J connectivity index is 1.96. The van der Waals surface area contributed by atoms with Gasteiger partial charge in [-0.05, 0) is 18.6 Å². The van der Waals surface area contributed by atoms with Crippen LogP contribution in [0.5, 0.6) is 0 Å². The molecule has 1 aliphatic rings. The first-order valence-electron chi connectivity index (χ1n) is 4.58. The van der Waals surface area contributed by atoms with Gasteiger partial charge in [0, 0.05) is 23.0 Å². The molecule has 0 heterocycles. The van der Waals surface area contributed by atoms with E-state index >= 15 is 0 Å². The zero-order valence-corrected chi connectivity index (χ0v) is 8.22. The van der Waals surface area contributed by atoms with Crippen LogP contribution in [0.25, 0.3) is 0 Å². The van der Waals surface area contributed by atoms with Gasteiger partial charge in [0.15, 0.2) is 0 Å². The predicted molar refractivity (Wildman–Crippen MR) is 54.9 cm³/mol. The molecule has 2 heteroatoms. The Morgan fingerprint density at radius 2 is 2.00 bits per heavy atom. The van der Waals surface area contributed by atoms with E-state index in [2.05, 4.69) is 12.1 Å². The minimum Gasteiger partial charge on any atom is -0.300 e. The van der Waals surface area contributed by atoms with E-state index in [0.717, 1.165) is 19.3 Å². The SMILES string of the molecule is O=C1CC[C@@H](Sc2ccccc2)C1. The molecule has 0 aliphatic heterocycles. The Bertz CT molecular complexity index is 294. The van der Waals surface area contributed by atoms with Gasteiger partial charge in [-0.1, -0.05) is 18.2 Å². The van der Waals surface area contributed by atoms with Gasteiger partial charge in [0.25, 0.3) is 0 Å². The lowest BCUT2D eigenvalue weighted by molar-refractivity contribution is -0.117. The summed E-state index contributed by atoms with van der Waals surface area (Å²) in [7, 11) is 0. The molecule has 0 bridgehead atoms. The van der Waals surface area contributed by atoms with Crippen LogP contribution in [0.15, 0.2) is 35.2 Å². The minimum atomic E-state index is 0.424. The van der Waals surface area contributed by atoms with Crippen LogP contribution in [0, 0.1) is 0 Å². The molecule has 0 aromatic heterocycles. The quantitative estimate of drug-likeness (QED) is 0.716. The van der Waals surface area contributed by atoms with Gasteiger partial charge in [0.05, 0.1) is 0 Å². The second-order valence-electron chi connectivity index (χ2n) is 3.33. The fraction of sp³-hybridized carbons (Fsp3) is 0.364. The molecule has 1 aromatic rings. The standard InChI is InChI=1S/C11H12OS/c12-9-6-7-11(8-9)13-10-4-2-1-3-5-10/h1-5,11H,6-8H2/t11-/m1/s1. The highest BCUT2D eigenvalue weighted by Crippen LogP contribution is 2.32. The van der Waals surface area contributed by atoms with Crippen molar-refractivity contribution in [2.45, 2.75) is 29.4 Å². The number of hydrogen-bond donors (Lipinski definition) is 0. The molecule has 1 aromatic carbocycles. The van der Waals surface area contributed by atoms with E-state index in [0.29, 0.717) is 11.0 Å². The molecule has 1 aliphatic carbocycles. The molecular weight excluding hydrogens is 180 g/mol. The number of Topliss-reactive ketones (excluding diaryl/α,β-unsaturated/α-hetero) is 1. The van der Waals surface area contributed by atoms with Gasteiger partial charge in [-0.25, -0.2) is 0 Å². The van der Waals surface area contributed by atoms with Crippen molar-refractivity contribution in [1.82, 2.24) is 0 Å². The van der Waals surface area contributed by atoms with Gasteiger partial charge < -0.3 is 0 Å². The first-order valence-corrected chi connectivity index (χ1v) is 5.46. The Morgan fingerprint density at radius 3 is 2.62 bits per heavy atom. The number of thioether (sulfide) groups is 1. The summed E-state index contributed by atoms with van der Waals surface area (Å²) in [5.41, 5.74) is 0. The average Bonchev–Trinajstić information content (AvgIpc) is 2.53. The topological polar surface area (TPSA) is 17.1 Å². The third-order valence-corrected chi connectivity index (χ3v) is 3.53. The molecule has 1 fully saturated rings. The Hall–Kier alpha value is -0.760. The fourth-order valence-corrected chi connectivity index (χ4v) is 2.78. The van der Waals surface area contributed by atoms with Gasteiger partial charge in [0.2, 0.25) is 0 Å². The van der Waals surface area contributed by atoms with E-state index < -0.39 is 0 Å². The maximum atomic E-state index is 11.0. The van der Waals surface area contributed by atoms with Crippen LogP contribution in [-0.2, 0) is 4.79 Å². The average molecular weight is 192 g/mol. The molecule has 13 heavy (non-hydrogen) atoms. The molecule has 0 spiro atoms. The van der Waals surface area contributed by atoms with Crippen LogP contribution in [0.3, 0.4) is 0 Å². The summed E-state index contributed by atoms with van der Waals surface area (Å²) in [4.78, 5) is 12.3. The fourth-order valence-electron chi connectivity index (χ4n) is 1.57. The molecule has 1 atom stereocenters. The summed E-state index contributed by atoms with van der Waals surface area (Å²) in [6.45, 7) is 0. The van der Waals surface area contributed by atoms with Gasteiger partial charge >= 0.3 is 0 Å². The van der Waals surface area contributed by atoms with E-state index in [1.807, 2.05) is 30.0 Å². The first-order chi connectivity index (χ1) is 6.34. The zero-order chi connectivity index (χ0) is 9.10. The van der Waals surface area contributed by atoms with Crippen molar-refractivity contribution in [3.8, 4) is 0 Å². The highest BCUT2D eigenvalue weighted by Gasteiger charge is 2.22. The Morgan fingerprint density at radius 1 is 1.23 bits per heavy atom. The molecule has 0 N–H and O–H groups in total. The third-order valence-electron chi connectivity index (χ3n) is 2.25. The van der Waals surface area contributed by atoms with E-state index in [1.165, 1.54) is 4.90 Å². The molecule has 68 valence electrons. The summed E-state index contributed by atoms with van der Waals surface area (Å²) >= 11 is 1.83. The second kappa shape index (κ2) is 3.97. The minimum absolute atomic E-state index is 0.424. The first kappa shape index (κ1) is 8.82. The number of rotatable bonds is 2. The van der Waals surface area contributed by atoms with E-state index in [-0.39, 0.29) is 0 Å². The van der Waals surface area contributed by atoms with E-state index in [1.54, 1.807) is 0 Å². The van der Waals surface area contributed by atoms with Crippen molar-refractivity contribution >= 4 is 17.5 Å². The van der Waals surface area contributed by atoms with E-state index in [9.17, 15) is 4.79 Å². The monoisotopic (exact) mass is 192 g/mol. The third kappa shape index (κ3) is 2.34. The van der Waals surface area contributed by atoms with E-state index in [4.69, 9.17) is 0 Å². The summed E-state index contributed by atoms with van der Waals surface area (Å²) in [6, 6.07) is 10.3. The maximum Gasteiger partial charge on any atom is 0.134 e. The Labute approximate surface area is 82.5 Å². The van der Waals surface area contributed by atoms with Gasteiger partial charge in [-0.2, -0.15) is 0 Å². The number of carbonyl (C=O) groups is 1. The highest BCUT2D eigenvalue weighted by atomic mass is 32.2. The van der Waals surface area contributed by atoms with Gasteiger partial charge in [-0.3, -0.25) is 4.79 Å². The normalized spacial score (nSPS) is 22.2. The van der Waals surface area contributed by atoms with Crippen LogP contribution >= 0.6 is 11.8 Å². The zero-order valence-electron chi connectivity index (χ0n) is 7.40. The number of ketones is 1. The molecule has 1 nitrogen and oxygen atoms in total. The second-order valence-corrected chi connectivity index (χ2v) is 4.71. The number of hydrogen-bond acceptors (Lipinski definition) is 2. The largest absolute Gasteiger partial charge is 0.300 e. The van der Waals surface area contributed by atoms with Crippen molar-refractivity contribution in [3.05, 3.63) is 30.3 Å². The van der Waals surface area contributed by atoms with Gasteiger partial charge in [0.1, 0.15) is 5.78 Å². The number of benzene rings is 1. The van der Waals surface area contributed by atoms with Crippen LogP contribution in [0.2, 0.25) is 0 Å². The van der Waals surface area contributed by atoms with Crippen molar-refractivity contribution in [2.24, 2.45) is 0 Å². The highest BCUT2D eigenvalue weighted by molar-refractivity contribution is 8.00. The number of carbonyl (C=O) groups excluding carboxylic acids is 1. The smallest absolute Gasteiger partial charge is 0.134 e. The summed E-state index contributed by atoms with van der Waals surface area (Å²) in [5.74, 6) is 0.424. The Kier molecular flexibility index (Phi) is 2.69. The van der Waals surface area contributed by atoms with Crippen LogP contribution in [0.4, 0.5) is 0 Å². The molecule has 0 saturated heterocycles. The van der Waals surface area contributed by atoms with Crippen molar-refractivity contribution in [1.29, 1.82) is 0 Å². The van der Waals surface area contributed by atoms with Crippen LogP contribution < -0.4 is 0 Å². The molecule has 2 rings (SSSR count). The molecule has 0 radical (unpaired) electrons.